The number of methoxy groups -OCH3 is 1. The Balaban J connectivity index is 1.41. The van der Waals surface area contributed by atoms with E-state index in [1.165, 1.54) is 11.8 Å². The molecule has 36 heavy (non-hydrogen) atoms. The number of amidine groups is 2. The number of aliphatic imine (C=N–C) groups is 2. The molecule has 1 aromatic heterocycles. The zero-order chi connectivity index (χ0) is 25.1. The number of amides is 2. The molecule has 0 radical (unpaired) electrons. The summed E-state index contributed by atoms with van der Waals surface area (Å²) < 4.78 is 5.06. The molecular weight excluding hydrogens is 474 g/mol. The number of fused-ring (bicyclic) bond motifs is 4. The second kappa shape index (κ2) is 10.7. The molecule has 0 bridgehead atoms. The predicted octanol–water partition coefficient (Wildman–Crippen LogP) is 4.03. The van der Waals surface area contributed by atoms with E-state index in [1.54, 1.807) is 12.0 Å². The molecule has 2 aromatic carbocycles. The van der Waals surface area contributed by atoms with Crippen LogP contribution >= 0.6 is 11.8 Å². The van der Waals surface area contributed by atoms with Crippen molar-refractivity contribution in [3.63, 3.8) is 0 Å². The zero-order valence-corrected chi connectivity index (χ0v) is 21.2. The van der Waals surface area contributed by atoms with Crippen LogP contribution in [0.3, 0.4) is 0 Å². The number of carbonyl (C=O) groups excluding carboxylic acids is 2. The van der Waals surface area contributed by atoms with E-state index in [1.807, 2.05) is 55.6 Å². The minimum atomic E-state index is -0.556. The van der Waals surface area contributed by atoms with E-state index in [2.05, 4.69) is 16.4 Å². The van der Waals surface area contributed by atoms with Crippen LogP contribution in [0.4, 0.5) is 5.69 Å². The molecule has 2 N–H and O–H groups in total. The van der Waals surface area contributed by atoms with Gasteiger partial charge in [-0.25, -0.2) is 9.89 Å². The lowest BCUT2D eigenvalue weighted by Gasteiger charge is -2.27. The van der Waals surface area contributed by atoms with Crippen LogP contribution in [-0.2, 0) is 20.7 Å². The number of nitrogens with one attached hydrogen (secondary N) is 2. The van der Waals surface area contributed by atoms with Gasteiger partial charge in [0, 0.05) is 49.3 Å². The van der Waals surface area contributed by atoms with E-state index in [0.717, 1.165) is 34.1 Å². The minimum Gasteiger partial charge on any atom is -0.385 e. The number of carbonyl (C=O) groups is 2. The van der Waals surface area contributed by atoms with E-state index >= 15 is 0 Å². The highest BCUT2D eigenvalue weighted by atomic mass is 32.2. The van der Waals surface area contributed by atoms with Gasteiger partial charge in [0.15, 0.2) is 5.17 Å². The summed E-state index contributed by atoms with van der Waals surface area (Å²) in [6, 6.07) is 15.2. The van der Waals surface area contributed by atoms with Crippen LogP contribution < -0.4 is 5.32 Å². The fraction of sp³-hybridized carbons (Fsp3) is 0.333. The Morgan fingerprint density at radius 2 is 2.03 bits per heavy atom. The Kier molecular flexibility index (Phi) is 7.20. The third-order valence-electron chi connectivity index (χ3n) is 6.37. The standard InChI is InChI=1S/C27H29N5O3S/c1-3-23(25(33)28-13-8-14-35-2)36-27-31-21-12-7-5-10-19(21)24-30-22(26(34)32(24)27)15-17-16-29-20-11-6-4-9-18(17)20/h4-7,9-12,16,22-23,29H,3,8,13-15H2,1-2H3,(H,28,33). The smallest absolute Gasteiger partial charge is 0.259 e. The van der Waals surface area contributed by atoms with E-state index in [-0.39, 0.29) is 17.1 Å². The van der Waals surface area contributed by atoms with Crippen molar-refractivity contribution in [2.75, 3.05) is 20.3 Å². The van der Waals surface area contributed by atoms with E-state index in [9.17, 15) is 9.59 Å². The molecule has 8 nitrogen and oxygen atoms in total. The Morgan fingerprint density at radius 1 is 1.22 bits per heavy atom. The number of thioether (sulfide) groups is 1. The van der Waals surface area contributed by atoms with Gasteiger partial charge >= 0.3 is 0 Å². The van der Waals surface area contributed by atoms with Crippen molar-refractivity contribution >= 4 is 51.2 Å². The molecule has 0 spiro atoms. The van der Waals surface area contributed by atoms with E-state index < -0.39 is 6.04 Å². The number of H-pyrrole nitrogens is 1. The van der Waals surface area contributed by atoms with Gasteiger partial charge in [-0.1, -0.05) is 49.0 Å². The monoisotopic (exact) mass is 503 g/mol. The molecular formula is C27H29N5O3S. The maximum Gasteiger partial charge on any atom is 0.259 e. The molecule has 0 saturated carbocycles. The van der Waals surface area contributed by atoms with Gasteiger partial charge in [-0.3, -0.25) is 14.6 Å². The van der Waals surface area contributed by atoms with Crippen molar-refractivity contribution < 1.29 is 14.3 Å². The van der Waals surface area contributed by atoms with Crippen LogP contribution in [-0.4, -0.2) is 64.3 Å². The lowest BCUT2D eigenvalue weighted by atomic mass is 10.1. The Labute approximate surface area is 214 Å². The topological polar surface area (TPSA) is 99.2 Å². The largest absolute Gasteiger partial charge is 0.385 e. The average molecular weight is 504 g/mol. The SMILES string of the molecule is CCC(SC1=Nc2ccccc2C2=NC(Cc3c[nH]c4ccccc34)C(=O)N12)C(=O)NCCCOC. The summed E-state index contributed by atoms with van der Waals surface area (Å²) in [5, 5.41) is 4.19. The summed E-state index contributed by atoms with van der Waals surface area (Å²) >= 11 is 1.32. The number of hydrogen-bond acceptors (Lipinski definition) is 6. The first-order chi connectivity index (χ1) is 17.6. The fourth-order valence-corrected chi connectivity index (χ4v) is 5.56. The number of benzene rings is 2. The first kappa shape index (κ1) is 24.3. The molecule has 2 atom stereocenters. The van der Waals surface area contributed by atoms with Gasteiger partial charge in [0.2, 0.25) is 5.91 Å². The summed E-state index contributed by atoms with van der Waals surface area (Å²) in [7, 11) is 1.64. The Hall–Kier alpha value is -3.43. The van der Waals surface area contributed by atoms with Crippen molar-refractivity contribution in [2.24, 2.45) is 9.98 Å². The molecule has 0 saturated heterocycles. The van der Waals surface area contributed by atoms with E-state index in [0.29, 0.717) is 37.0 Å². The highest BCUT2D eigenvalue weighted by Crippen LogP contribution is 2.36. The summed E-state index contributed by atoms with van der Waals surface area (Å²) in [5.74, 6) is 0.417. The Morgan fingerprint density at radius 3 is 2.86 bits per heavy atom. The molecule has 2 aliphatic heterocycles. The van der Waals surface area contributed by atoms with Crippen molar-refractivity contribution in [3.8, 4) is 0 Å². The number of aromatic amines is 1. The summed E-state index contributed by atoms with van der Waals surface area (Å²) in [5.41, 5.74) is 3.67. The lowest BCUT2D eigenvalue weighted by molar-refractivity contribution is -0.124. The highest BCUT2D eigenvalue weighted by Gasteiger charge is 2.42. The first-order valence-electron chi connectivity index (χ1n) is 12.2. The number of aromatic nitrogens is 1. The van der Waals surface area contributed by atoms with Crippen molar-refractivity contribution in [1.82, 2.24) is 15.2 Å². The molecule has 0 fully saturated rings. The van der Waals surface area contributed by atoms with Gasteiger partial charge in [-0.15, -0.1) is 0 Å². The second-order valence-corrected chi connectivity index (χ2v) is 9.94. The third-order valence-corrected chi connectivity index (χ3v) is 7.69. The molecule has 186 valence electrons. The van der Waals surface area contributed by atoms with Crippen molar-refractivity contribution in [1.29, 1.82) is 0 Å². The van der Waals surface area contributed by atoms with Gasteiger partial charge < -0.3 is 15.0 Å². The number of para-hydroxylation sites is 2. The molecule has 2 unspecified atom stereocenters. The molecule has 2 amide bonds. The summed E-state index contributed by atoms with van der Waals surface area (Å²) in [6.45, 7) is 3.10. The normalized spacial score (nSPS) is 17.4. The molecule has 3 heterocycles. The molecule has 9 heteroatoms. The summed E-state index contributed by atoms with van der Waals surface area (Å²) in [6.07, 6.45) is 3.79. The van der Waals surface area contributed by atoms with Gasteiger partial charge in [0.1, 0.15) is 11.9 Å². The van der Waals surface area contributed by atoms with Crippen LogP contribution in [0.2, 0.25) is 0 Å². The van der Waals surface area contributed by atoms with E-state index in [4.69, 9.17) is 14.7 Å². The van der Waals surface area contributed by atoms with Crippen LogP contribution in [0.5, 0.6) is 0 Å². The highest BCUT2D eigenvalue weighted by molar-refractivity contribution is 8.15. The van der Waals surface area contributed by atoms with Gasteiger partial charge in [-0.2, -0.15) is 0 Å². The Bertz CT molecular complexity index is 1350. The molecule has 0 aliphatic carbocycles. The quantitative estimate of drug-likeness (QED) is 0.431. The third kappa shape index (κ3) is 4.68. The number of ether oxygens (including phenoxy) is 1. The molecule has 3 aromatic rings. The lowest BCUT2D eigenvalue weighted by Crippen LogP contribution is -2.43. The maximum absolute atomic E-state index is 13.7. The van der Waals surface area contributed by atoms with Crippen LogP contribution in [0.25, 0.3) is 10.9 Å². The van der Waals surface area contributed by atoms with Crippen molar-refractivity contribution in [2.45, 2.75) is 37.5 Å². The van der Waals surface area contributed by atoms with Crippen LogP contribution in [0, 0.1) is 0 Å². The van der Waals surface area contributed by atoms with Crippen LogP contribution in [0.15, 0.2) is 64.7 Å². The fourth-order valence-electron chi connectivity index (χ4n) is 4.51. The minimum absolute atomic E-state index is 0.0689. The maximum atomic E-state index is 13.7. The predicted molar refractivity (Wildman–Crippen MR) is 144 cm³/mol. The molecule has 5 rings (SSSR count). The van der Waals surface area contributed by atoms with Crippen molar-refractivity contribution in [3.05, 3.63) is 65.9 Å². The number of nitrogens with zero attached hydrogens (tertiary/aromatic N) is 3. The van der Waals surface area contributed by atoms with Crippen LogP contribution in [0.1, 0.15) is 30.9 Å². The van der Waals surface area contributed by atoms with Gasteiger partial charge in [-0.05, 0) is 36.6 Å². The zero-order valence-electron chi connectivity index (χ0n) is 20.4. The number of hydrogen-bond donors (Lipinski definition) is 2. The average Bonchev–Trinajstić information content (AvgIpc) is 3.46. The summed E-state index contributed by atoms with van der Waals surface area (Å²) in [4.78, 5) is 41.1. The van der Waals surface area contributed by atoms with Gasteiger partial charge in [0.25, 0.3) is 5.91 Å². The molecule has 2 aliphatic rings. The van der Waals surface area contributed by atoms with Gasteiger partial charge in [0.05, 0.1) is 10.9 Å². The second-order valence-electron chi connectivity index (χ2n) is 8.77. The number of rotatable bonds is 9. The first-order valence-corrected chi connectivity index (χ1v) is 13.1.